The number of benzene rings is 1. The molecule has 1 aliphatic carbocycles. The van der Waals surface area contributed by atoms with Gasteiger partial charge in [-0.3, -0.25) is 0 Å². The first-order chi connectivity index (χ1) is 10.9. The number of unbranched alkanes of at least 4 members (excludes halogenated alkanes) is 6. The van der Waals surface area contributed by atoms with E-state index < -0.39 is 0 Å². The zero-order valence-corrected chi connectivity index (χ0v) is 14.9. The number of rotatable bonds is 10. The van der Waals surface area contributed by atoms with E-state index in [0.717, 1.165) is 11.8 Å². The van der Waals surface area contributed by atoms with Crippen molar-refractivity contribution in [1.82, 2.24) is 0 Å². The third-order valence-electron chi connectivity index (χ3n) is 5.55. The molecule has 124 valence electrons. The van der Waals surface area contributed by atoms with Crippen LogP contribution in [0.15, 0.2) is 24.3 Å². The molecule has 0 N–H and O–H groups in total. The Morgan fingerprint density at radius 3 is 1.55 bits per heavy atom. The van der Waals surface area contributed by atoms with Gasteiger partial charge in [0, 0.05) is 0 Å². The highest BCUT2D eigenvalue weighted by Crippen LogP contribution is 2.43. The Balaban J connectivity index is 1.91. The van der Waals surface area contributed by atoms with Crippen LogP contribution in [0.25, 0.3) is 0 Å². The van der Waals surface area contributed by atoms with Crippen molar-refractivity contribution in [2.45, 2.75) is 103 Å². The lowest BCUT2D eigenvalue weighted by Crippen LogP contribution is -2.14. The lowest BCUT2D eigenvalue weighted by Gasteiger charge is -2.32. The normalized spacial score (nSPS) is 20.8. The molecule has 0 fully saturated rings. The van der Waals surface area contributed by atoms with Gasteiger partial charge in [-0.05, 0) is 48.6 Å². The quantitative estimate of drug-likeness (QED) is 0.390. The second-order valence-corrected chi connectivity index (χ2v) is 7.30. The minimum absolute atomic E-state index is 0.847. The van der Waals surface area contributed by atoms with Gasteiger partial charge >= 0.3 is 0 Å². The van der Waals surface area contributed by atoms with Gasteiger partial charge in [-0.2, -0.15) is 0 Å². The molecule has 0 saturated heterocycles. The predicted molar refractivity (Wildman–Crippen MR) is 98.7 cm³/mol. The summed E-state index contributed by atoms with van der Waals surface area (Å²) in [5.74, 6) is 1.69. The molecule has 0 amide bonds. The van der Waals surface area contributed by atoms with Crippen molar-refractivity contribution in [2.24, 2.45) is 0 Å². The summed E-state index contributed by atoms with van der Waals surface area (Å²) < 4.78 is 0. The van der Waals surface area contributed by atoms with Crippen molar-refractivity contribution < 1.29 is 0 Å². The van der Waals surface area contributed by atoms with Crippen molar-refractivity contribution in [3.8, 4) is 0 Å². The Bertz CT molecular complexity index is 367. The summed E-state index contributed by atoms with van der Waals surface area (Å²) in [6, 6.07) is 9.38. The summed E-state index contributed by atoms with van der Waals surface area (Å²) in [5, 5.41) is 0. The molecular formula is C22H36. The first-order valence-corrected chi connectivity index (χ1v) is 9.95. The minimum atomic E-state index is 0.847. The van der Waals surface area contributed by atoms with Gasteiger partial charge in [-0.15, -0.1) is 0 Å². The molecule has 2 unspecified atom stereocenters. The SMILES string of the molecule is CCCCCCC1CCC(CCCCCC)c2ccccc21. The van der Waals surface area contributed by atoms with Gasteiger partial charge < -0.3 is 0 Å². The minimum Gasteiger partial charge on any atom is -0.0654 e. The standard InChI is InChI=1S/C22H36/c1-3-5-7-9-13-19-17-18-20(14-10-8-6-4-2)22-16-12-11-15-21(19)22/h11-12,15-16,19-20H,3-10,13-14,17-18H2,1-2H3. The second-order valence-electron chi connectivity index (χ2n) is 7.30. The van der Waals surface area contributed by atoms with Gasteiger partial charge in [0.2, 0.25) is 0 Å². The van der Waals surface area contributed by atoms with Gasteiger partial charge in [0.25, 0.3) is 0 Å². The number of hydrogen-bond acceptors (Lipinski definition) is 0. The first kappa shape index (κ1) is 17.6. The molecule has 0 nitrogen and oxygen atoms in total. The molecule has 1 aliphatic rings. The molecule has 1 aromatic rings. The molecule has 1 aromatic carbocycles. The van der Waals surface area contributed by atoms with E-state index in [0.29, 0.717) is 0 Å². The van der Waals surface area contributed by atoms with Crippen LogP contribution in [0.4, 0.5) is 0 Å². The summed E-state index contributed by atoms with van der Waals surface area (Å²) in [6.07, 6.45) is 16.9. The van der Waals surface area contributed by atoms with Gasteiger partial charge in [0.1, 0.15) is 0 Å². The number of hydrogen-bond donors (Lipinski definition) is 0. The summed E-state index contributed by atoms with van der Waals surface area (Å²) in [5.41, 5.74) is 3.40. The van der Waals surface area contributed by atoms with Crippen LogP contribution >= 0.6 is 0 Å². The van der Waals surface area contributed by atoms with Crippen LogP contribution in [0.1, 0.15) is 114 Å². The fraction of sp³-hybridized carbons (Fsp3) is 0.727. The molecule has 2 atom stereocenters. The van der Waals surface area contributed by atoms with Crippen molar-refractivity contribution in [3.05, 3.63) is 35.4 Å². The van der Waals surface area contributed by atoms with E-state index in [1.54, 1.807) is 11.1 Å². The summed E-state index contributed by atoms with van der Waals surface area (Å²) in [4.78, 5) is 0. The Morgan fingerprint density at radius 2 is 1.14 bits per heavy atom. The molecule has 0 spiro atoms. The topological polar surface area (TPSA) is 0 Å². The van der Waals surface area contributed by atoms with E-state index >= 15 is 0 Å². The van der Waals surface area contributed by atoms with Gasteiger partial charge in [-0.25, -0.2) is 0 Å². The average Bonchev–Trinajstić information content (AvgIpc) is 2.56. The van der Waals surface area contributed by atoms with E-state index in [1.807, 2.05) is 0 Å². The van der Waals surface area contributed by atoms with Gasteiger partial charge in [-0.1, -0.05) is 89.5 Å². The highest BCUT2D eigenvalue weighted by atomic mass is 14.3. The van der Waals surface area contributed by atoms with E-state index in [2.05, 4.69) is 38.1 Å². The number of fused-ring (bicyclic) bond motifs is 1. The smallest absolute Gasteiger partial charge is 0.0159 e. The van der Waals surface area contributed by atoms with Crippen LogP contribution in [-0.2, 0) is 0 Å². The molecule has 0 radical (unpaired) electrons. The molecule has 0 bridgehead atoms. The molecule has 22 heavy (non-hydrogen) atoms. The maximum absolute atomic E-state index is 2.43. The molecule has 0 heteroatoms. The van der Waals surface area contributed by atoms with Crippen LogP contribution in [0.2, 0.25) is 0 Å². The van der Waals surface area contributed by atoms with Gasteiger partial charge in [0.15, 0.2) is 0 Å². The van der Waals surface area contributed by atoms with Crippen LogP contribution in [-0.4, -0.2) is 0 Å². The third-order valence-corrected chi connectivity index (χ3v) is 5.55. The molecular weight excluding hydrogens is 264 g/mol. The fourth-order valence-corrected chi connectivity index (χ4v) is 4.20. The maximum atomic E-state index is 2.43. The summed E-state index contributed by atoms with van der Waals surface area (Å²) in [6.45, 7) is 4.61. The van der Waals surface area contributed by atoms with Crippen LogP contribution in [0.3, 0.4) is 0 Å². The van der Waals surface area contributed by atoms with Crippen molar-refractivity contribution >= 4 is 0 Å². The molecule has 0 aliphatic heterocycles. The highest BCUT2D eigenvalue weighted by Gasteiger charge is 2.26. The largest absolute Gasteiger partial charge is 0.0654 e. The summed E-state index contributed by atoms with van der Waals surface area (Å²) in [7, 11) is 0. The Morgan fingerprint density at radius 1 is 0.682 bits per heavy atom. The van der Waals surface area contributed by atoms with Crippen molar-refractivity contribution in [2.75, 3.05) is 0 Å². The maximum Gasteiger partial charge on any atom is -0.0159 e. The zero-order chi connectivity index (χ0) is 15.6. The van der Waals surface area contributed by atoms with E-state index in [1.165, 1.54) is 77.0 Å². The predicted octanol–water partition coefficient (Wildman–Crippen LogP) is 7.59. The molecule has 0 aromatic heterocycles. The van der Waals surface area contributed by atoms with E-state index in [9.17, 15) is 0 Å². The molecule has 2 rings (SSSR count). The Hall–Kier alpha value is -0.780. The second kappa shape index (κ2) is 10.1. The molecule has 0 saturated carbocycles. The molecule has 0 heterocycles. The van der Waals surface area contributed by atoms with Crippen molar-refractivity contribution in [1.29, 1.82) is 0 Å². The highest BCUT2D eigenvalue weighted by molar-refractivity contribution is 5.35. The van der Waals surface area contributed by atoms with Crippen molar-refractivity contribution in [3.63, 3.8) is 0 Å². The fourth-order valence-electron chi connectivity index (χ4n) is 4.20. The monoisotopic (exact) mass is 300 g/mol. The summed E-state index contributed by atoms with van der Waals surface area (Å²) >= 11 is 0. The van der Waals surface area contributed by atoms with Crippen LogP contribution in [0, 0.1) is 0 Å². The Labute approximate surface area is 138 Å². The van der Waals surface area contributed by atoms with E-state index in [4.69, 9.17) is 0 Å². The van der Waals surface area contributed by atoms with Crippen LogP contribution < -0.4 is 0 Å². The van der Waals surface area contributed by atoms with E-state index in [-0.39, 0.29) is 0 Å². The Kier molecular flexibility index (Phi) is 8.05. The van der Waals surface area contributed by atoms with Gasteiger partial charge in [0.05, 0.1) is 0 Å². The van der Waals surface area contributed by atoms with Crippen LogP contribution in [0.5, 0.6) is 0 Å². The zero-order valence-electron chi connectivity index (χ0n) is 14.9. The lowest BCUT2D eigenvalue weighted by molar-refractivity contribution is 0.422. The average molecular weight is 301 g/mol. The first-order valence-electron chi connectivity index (χ1n) is 9.95. The lowest BCUT2D eigenvalue weighted by atomic mass is 9.73. The third kappa shape index (κ3) is 5.14.